The molecule has 5 nitrogen and oxygen atoms in total. The first-order chi connectivity index (χ1) is 11.4. The minimum absolute atomic E-state index is 0. The summed E-state index contributed by atoms with van der Waals surface area (Å²) in [5.41, 5.74) is 2.54. The van der Waals surface area contributed by atoms with Crippen LogP contribution in [0.4, 0.5) is 13.9 Å². The highest BCUT2D eigenvalue weighted by Crippen LogP contribution is 2.33. The van der Waals surface area contributed by atoms with Crippen molar-refractivity contribution in [1.29, 1.82) is 0 Å². The number of benzene rings is 1. The molecule has 25 heavy (non-hydrogen) atoms. The second kappa shape index (κ2) is 7.63. The van der Waals surface area contributed by atoms with Crippen molar-refractivity contribution in [3.63, 3.8) is 0 Å². The lowest BCUT2D eigenvalue weighted by molar-refractivity contribution is -0.118. The van der Waals surface area contributed by atoms with E-state index in [0.717, 1.165) is 11.1 Å². The fraction of sp³-hybridized carbons (Fsp3) is 0.375. The molecule has 9 heteroatoms. The largest absolute Gasteiger partial charge is 0.496 e. The number of carbonyl (C=O) groups excluding carboxylic acids is 1. The van der Waals surface area contributed by atoms with E-state index in [4.69, 9.17) is 4.74 Å². The van der Waals surface area contributed by atoms with Crippen LogP contribution in [0.25, 0.3) is 11.3 Å². The SMILES string of the molecule is COc1ccc(C)cc1-c1csc(NC(=O)C2CC(F)(F)CN2)n1.Cl. The lowest BCUT2D eigenvalue weighted by atomic mass is 10.1. The van der Waals surface area contributed by atoms with Crippen LogP contribution in [0.3, 0.4) is 0 Å². The number of amides is 1. The van der Waals surface area contributed by atoms with Gasteiger partial charge in [-0.2, -0.15) is 0 Å². The third-order valence-electron chi connectivity index (χ3n) is 3.79. The molecule has 2 aromatic rings. The number of halogens is 3. The van der Waals surface area contributed by atoms with E-state index in [9.17, 15) is 13.6 Å². The average molecular weight is 390 g/mol. The van der Waals surface area contributed by atoms with Crippen molar-refractivity contribution >= 4 is 34.8 Å². The third-order valence-corrected chi connectivity index (χ3v) is 4.55. The predicted octanol–water partition coefficient (Wildman–Crippen LogP) is 3.48. The van der Waals surface area contributed by atoms with Gasteiger partial charge in [0.05, 0.1) is 25.4 Å². The maximum Gasteiger partial charge on any atom is 0.262 e. The number of anilines is 1. The van der Waals surface area contributed by atoms with Crippen LogP contribution in [-0.2, 0) is 4.79 Å². The Morgan fingerprint density at radius 1 is 1.48 bits per heavy atom. The van der Waals surface area contributed by atoms with Gasteiger partial charge in [-0.25, -0.2) is 13.8 Å². The predicted molar refractivity (Wildman–Crippen MR) is 96.1 cm³/mol. The maximum absolute atomic E-state index is 13.2. The van der Waals surface area contributed by atoms with Gasteiger partial charge >= 0.3 is 0 Å². The number of hydrogen-bond acceptors (Lipinski definition) is 5. The zero-order valence-corrected chi connectivity index (χ0v) is 15.3. The van der Waals surface area contributed by atoms with Crippen LogP contribution in [0, 0.1) is 6.92 Å². The van der Waals surface area contributed by atoms with E-state index in [1.54, 1.807) is 12.5 Å². The Kier molecular flexibility index (Phi) is 5.97. The Morgan fingerprint density at radius 3 is 2.88 bits per heavy atom. The lowest BCUT2D eigenvalue weighted by Gasteiger charge is -2.09. The van der Waals surface area contributed by atoms with Gasteiger partial charge in [0.25, 0.3) is 5.92 Å². The molecule has 1 aromatic heterocycles. The Labute approximate surface area is 154 Å². The summed E-state index contributed by atoms with van der Waals surface area (Å²) in [6.07, 6.45) is -0.497. The fourth-order valence-corrected chi connectivity index (χ4v) is 3.28. The van der Waals surface area contributed by atoms with Gasteiger partial charge < -0.3 is 10.1 Å². The summed E-state index contributed by atoms with van der Waals surface area (Å²) in [4.78, 5) is 16.4. The Morgan fingerprint density at radius 2 is 2.24 bits per heavy atom. The smallest absolute Gasteiger partial charge is 0.262 e. The van der Waals surface area contributed by atoms with E-state index < -0.39 is 30.8 Å². The number of hydrogen-bond donors (Lipinski definition) is 2. The molecule has 1 saturated heterocycles. The first-order valence-corrected chi connectivity index (χ1v) is 8.28. The molecule has 3 rings (SSSR count). The number of ether oxygens (including phenoxy) is 1. The fourth-order valence-electron chi connectivity index (χ4n) is 2.57. The van der Waals surface area contributed by atoms with E-state index in [2.05, 4.69) is 15.6 Å². The minimum atomic E-state index is -2.84. The zero-order valence-electron chi connectivity index (χ0n) is 13.6. The van der Waals surface area contributed by atoms with Gasteiger partial charge in [0, 0.05) is 17.4 Å². The molecule has 1 aromatic carbocycles. The highest BCUT2D eigenvalue weighted by molar-refractivity contribution is 7.14. The summed E-state index contributed by atoms with van der Waals surface area (Å²) in [6, 6.07) is 4.83. The number of carbonyl (C=O) groups is 1. The van der Waals surface area contributed by atoms with E-state index in [1.807, 2.05) is 25.1 Å². The number of nitrogens with zero attached hydrogens (tertiary/aromatic N) is 1. The third kappa shape index (κ3) is 4.45. The standard InChI is InChI=1S/C16H17F2N3O2S.ClH/c1-9-3-4-13(23-2)10(5-9)12-7-24-15(20-12)21-14(22)11-6-16(17,18)8-19-11;/h3-5,7,11,19H,6,8H2,1-2H3,(H,20,21,22);1H. The van der Waals surface area contributed by atoms with Gasteiger partial charge in [-0.05, 0) is 19.1 Å². The Balaban J connectivity index is 0.00000225. The van der Waals surface area contributed by atoms with Crippen LogP contribution in [0.15, 0.2) is 23.6 Å². The van der Waals surface area contributed by atoms with Crippen LogP contribution >= 0.6 is 23.7 Å². The molecule has 1 amide bonds. The molecule has 0 saturated carbocycles. The molecule has 1 aliphatic rings. The topological polar surface area (TPSA) is 63.2 Å². The van der Waals surface area contributed by atoms with Crippen molar-refractivity contribution in [2.24, 2.45) is 0 Å². The van der Waals surface area contributed by atoms with Gasteiger partial charge in [-0.1, -0.05) is 11.6 Å². The molecule has 1 unspecified atom stereocenters. The molecule has 1 atom stereocenters. The number of alkyl halides is 2. The van der Waals surface area contributed by atoms with Crippen molar-refractivity contribution in [1.82, 2.24) is 10.3 Å². The summed E-state index contributed by atoms with van der Waals surface area (Å²) >= 11 is 1.24. The second-order valence-electron chi connectivity index (χ2n) is 5.72. The Bertz CT molecular complexity index is 770. The van der Waals surface area contributed by atoms with Crippen molar-refractivity contribution in [2.45, 2.75) is 25.3 Å². The molecule has 2 heterocycles. The van der Waals surface area contributed by atoms with E-state index in [1.165, 1.54) is 11.3 Å². The van der Waals surface area contributed by atoms with Crippen molar-refractivity contribution in [2.75, 3.05) is 19.0 Å². The summed E-state index contributed by atoms with van der Waals surface area (Å²) in [5.74, 6) is -2.66. The van der Waals surface area contributed by atoms with Crippen molar-refractivity contribution in [3.8, 4) is 17.0 Å². The van der Waals surface area contributed by atoms with Gasteiger partial charge in [0.15, 0.2) is 5.13 Å². The normalized spacial score (nSPS) is 18.5. The first-order valence-electron chi connectivity index (χ1n) is 7.40. The molecule has 0 radical (unpaired) electrons. The number of aryl methyl sites for hydroxylation is 1. The van der Waals surface area contributed by atoms with E-state index >= 15 is 0 Å². The van der Waals surface area contributed by atoms with Crippen LogP contribution in [-0.4, -0.2) is 36.5 Å². The number of aromatic nitrogens is 1. The van der Waals surface area contributed by atoms with Crippen molar-refractivity contribution < 1.29 is 18.3 Å². The second-order valence-corrected chi connectivity index (χ2v) is 6.58. The van der Waals surface area contributed by atoms with E-state index in [0.29, 0.717) is 16.6 Å². The highest BCUT2D eigenvalue weighted by Gasteiger charge is 2.42. The summed E-state index contributed by atoms with van der Waals surface area (Å²) < 4.78 is 31.7. The summed E-state index contributed by atoms with van der Waals surface area (Å²) in [7, 11) is 1.58. The minimum Gasteiger partial charge on any atom is -0.496 e. The van der Waals surface area contributed by atoms with Crippen LogP contribution in [0.2, 0.25) is 0 Å². The number of rotatable bonds is 4. The van der Waals surface area contributed by atoms with Crippen LogP contribution < -0.4 is 15.4 Å². The van der Waals surface area contributed by atoms with E-state index in [-0.39, 0.29) is 12.4 Å². The Hall–Kier alpha value is -1.77. The monoisotopic (exact) mass is 389 g/mol. The summed E-state index contributed by atoms with van der Waals surface area (Å²) in [6.45, 7) is 1.48. The molecule has 2 N–H and O–H groups in total. The number of nitrogens with one attached hydrogen (secondary N) is 2. The molecule has 1 aliphatic heterocycles. The molecule has 1 fully saturated rings. The van der Waals surface area contributed by atoms with Gasteiger partial charge in [0.2, 0.25) is 5.91 Å². The van der Waals surface area contributed by atoms with Gasteiger partial charge in [-0.3, -0.25) is 10.1 Å². The van der Waals surface area contributed by atoms with Crippen molar-refractivity contribution in [3.05, 3.63) is 29.1 Å². The van der Waals surface area contributed by atoms with Gasteiger partial charge in [0.1, 0.15) is 5.75 Å². The first kappa shape index (κ1) is 19.6. The number of methoxy groups -OCH3 is 1. The maximum atomic E-state index is 13.2. The van der Waals surface area contributed by atoms with Crippen LogP contribution in [0.5, 0.6) is 5.75 Å². The molecule has 136 valence electrons. The zero-order chi connectivity index (χ0) is 17.3. The lowest BCUT2D eigenvalue weighted by Crippen LogP contribution is -2.35. The molecule has 0 bridgehead atoms. The van der Waals surface area contributed by atoms with Crippen LogP contribution in [0.1, 0.15) is 12.0 Å². The quantitative estimate of drug-likeness (QED) is 0.840. The molecular formula is C16H18ClF2N3O2S. The number of thiazole rings is 1. The average Bonchev–Trinajstić information content (AvgIpc) is 3.13. The molecule has 0 spiro atoms. The molecular weight excluding hydrogens is 372 g/mol. The van der Waals surface area contributed by atoms with Gasteiger partial charge in [-0.15, -0.1) is 23.7 Å². The molecule has 0 aliphatic carbocycles. The highest BCUT2D eigenvalue weighted by atomic mass is 35.5. The summed E-state index contributed by atoms with van der Waals surface area (Å²) in [5, 5.41) is 7.29.